The maximum Gasteiger partial charge on any atom is 0.242 e. The van der Waals surface area contributed by atoms with E-state index in [1.54, 1.807) is 12.1 Å². The first kappa shape index (κ1) is 19.6. The fourth-order valence-electron chi connectivity index (χ4n) is 1.75. The summed E-state index contributed by atoms with van der Waals surface area (Å²) in [5.74, 6) is -0.200. The maximum atomic E-state index is 12.2. The normalized spacial score (nSPS) is 12.5. The predicted molar refractivity (Wildman–Crippen MR) is 93.1 cm³/mol. The number of hydrogen-bond donors (Lipinski definition) is 2. The number of carbonyl (C=O) groups excluding carboxylic acids is 1. The quantitative estimate of drug-likeness (QED) is 0.795. The Morgan fingerprint density at radius 3 is 2.39 bits per heavy atom. The van der Waals surface area contributed by atoms with Gasteiger partial charge in [0, 0.05) is 25.3 Å². The van der Waals surface area contributed by atoms with Crippen molar-refractivity contribution in [3.05, 3.63) is 23.8 Å². The van der Waals surface area contributed by atoms with Crippen LogP contribution in [0.3, 0.4) is 0 Å². The summed E-state index contributed by atoms with van der Waals surface area (Å²) in [7, 11) is -0.572. The summed E-state index contributed by atoms with van der Waals surface area (Å²) in [5, 5.41) is 5.95. The summed E-state index contributed by atoms with van der Waals surface area (Å²) < 4.78 is 25.5. The fraction of sp³-hybridized carbons (Fsp3) is 0.562. The zero-order chi connectivity index (χ0) is 17.8. The highest BCUT2D eigenvalue weighted by molar-refractivity contribution is 7.89. The highest BCUT2D eigenvalue weighted by atomic mass is 32.2. The van der Waals surface area contributed by atoms with E-state index in [1.807, 2.05) is 27.7 Å². The molecular formula is C16H27N3O3S. The lowest BCUT2D eigenvalue weighted by Gasteiger charge is -2.24. The van der Waals surface area contributed by atoms with Crippen molar-refractivity contribution in [2.75, 3.05) is 26.0 Å². The van der Waals surface area contributed by atoms with Gasteiger partial charge in [0.2, 0.25) is 15.9 Å². The van der Waals surface area contributed by atoms with Crippen LogP contribution in [0, 0.1) is 6.92 Å². The van der Waals surface area contributed by atoms with E-state index in [4.69, 9.17) is 0 Å². The number of aryl methyl sites for hydroxylation is 1. The third-order valence-electron chi connectivity index (χ3n) is 3.87. The van der Waals surface area contributed by atoms with E-state index in [2.05, 4.69) is 10.6 Å². The van der Waals surface area contributed by atoms with Gasteiger partial charge in [-0.05, 0) is 44.9 Å². The zero-order valence-corrected chi connectivity index (χ0v) is 15.5. The number of carbonyl (C=O) groups is 1. The fourth-order valence-corrected chi connectivity index (χ4v) is 2.67. The SMILES string of the molecule is CCC(C)(C)NCC(=O)Nc1cc(S(=O)(=O)N(C)C)ccc1C. The second-order valence-electron chi connectivity index (χ2n) is 6.40. The molecule has 1 rings (SSSR count). The molecule has 1 aromatic rings. The van der Waals surface area contributed by atoms with Crippen LogP contribution in [-0.4, -0.2) is 44.8 Å². The number of nitrogens with zero attached hydrogens (tertiary/aromatic N) is 1. The van der Waals surface area contributed by atoms with E-state index in [0.29, 0.717) is 5.69 Å². The van der Waals surface area contributed by atoms with Gasteiger partial charge in [0.05, 0.1) is 11.4 Å². The van der Waals surface area contributed by atoms with Crippen molar-refractivity contribution in [2.24, 2.45) is 0 Å². The molecule has 0 heterocycles. The summed E-state index contributed by atoms with van der Waals surface area (Å²) in [5.41, 5.74) is 1.20. The van der Waals surface area contributed by atoms with Gasteiger partial charge >= 0.3 is 0 Å². The summed E-state index contributed by atoms with van der Waals surface area (Å²) in [6.45, 7) is 8.09. The van der Waals surface area contributed by atoms with Crippen LogP contribution in [0.4, 0.5) is 5.69 Å². The monoisotopic (exact) mass is 341 g/mol. The molecule has 6 nitrogen and oxygen atoms in total. The van der Waals surface area contributed by atoms with Crippen molar-refractivity contribution >= 4 is 21.6 Å². The van der Waals surface area contributed by atoms with Gasteiger partial charge in [0.25, 0.3) is 0 Å². The van der Waals surface area contributed by atoms with Crippen molar-refractivity contribution in [1.82, 2.24) is 9.62 Å². The molecule has 1 amide bonds. The number of sulfonamides is 1. The molecule has 0 aliphatic rings. The van der Waals surface area contributed by atoms with Gasteiger partial charge in [0.1, 0.15) is 0 Å². The van der Waals surface area contributed by atoms with Gasteiger partial charge < -0.3 is 10.6 Å². The van der Waals surface area contributed by atoms with E-state index in [0.717, 1.165) is 16.3 Å². The van der Waals surface area contributed by atoms with E-state index in [-0.39, 0.29) is 22.9 Å². The van der Waals surface area contributed by atoms with Crippen LogP contribution in [0.5, 0.6) is 0 Å². The lowest BCUT2D eigenvalue weighted by Crippen LogP contribution is -2.43. The molecule has 0 radical (unpaired) electrons. The van der Waals surface area contributed by atoms with Crippen LogP contribution in [-0.2, 0) is 14.8 Å². The van der Waals surface area contributed by atoms with E-state index < -0.39 is 10.0 Å². The lowest BCUT2D eigenvalue weighted by atomic mass is 10.0. The van der Waals surface area contributed by atoms with Gasteiger partial charge in [0.15, 0.2) is 0 Å². The molecule has 0 unspecified atom stereocenters. The van der Waals surface area contributed by atoms with E-state index in [9.17, 15) is 13.2 Å². The Morgan fingerprint density at radius 2 is 1.87 bits per heavy atom. The summed E-state index contributed by atoms with van der Waals surface area (Å²) >= 11 is 0. The Kier molecular flexibility index (Phi) is 6.33. The smallest absolute Gasteiger partial charge is 0.242 e. The first-order valence-corrected chi connectivity index (χ1v) is 9.01. The molecule has 1 aromatic carbocycles. The van der Waals surface area contributed by atoms with Crippen LogP contribution in [0.25, 0.3) is 0 Å². The van der Waals surface area contributed by atoms with Crippen molar-refractivity contribution in [2.45, 2.75) is 44.6 Å². The first-order valence-electron chi connectivity index (χ1n) is 7.57. The maximum absolute atomic E-state index is 12.2. The topological polar surface area (TPSA) is 78.5 Å². The highest BCUT2D eigenvalue weighted by Gasteiger charge is 2.19. The first-order chi connectivity index (χ1) is 10.5. The molecule has 0 aliphatic carbocycles. The molecule has 0 saturated carbocycles. The minimum absolute atomic E-state index is 0.123. The van der Waals surface area contributed by atoms with Crippen LogP contribution >= 0.6 is 0 Å². The van der Waals surface area contributed by atoms with Crippen molar-refractivity contribution < 1.29 is 13.2 Å². The number of hydrogen-bond acceptors (Lipinski definition) is 4. The number of amides is 1. The number of benzene rings is 1. The molecule has 130 valence electrons. The van der Waals surface area contributed by atoms with Gasteiger partial charge in [-0.2, -0.15) is 0 Å². The Bertz CT molecular complexity index is 667. The Labute approximate surface area is 139 Å². The molecule has 0 bridgehead atoms. The number of nitrogens with one attached hydrogen (secondary N) is 2. The molecule has 23 heavy (non-hydrogen) atoms. The predicted octanol–water partition coefficient (Wildman–Crippen LogP) is 1.96. The standard InChI is InChI=1S/C16H27N3O3S/c1-7-16(3,4)17-11-15(20)18-14-10-13(9-8-12(14)2)23(21,22)19(5)6/h8-10,17H,7,11H2,1-6H3,(H,18,20). The summed E-state index contributed by atoms with van der Waals surface area (Å²) in [6.07, 6.45) is 0.899. The van der Waals surface area contributed by atoms with Gasteiger partial charge in [-0.25, -0.2) is 12.7 Å². The van der Waals surface area contributed by atoms with Crippen molar-refractivity contribution in [3.8, 4) is 0 Å². The average Bonchev–Trinajstić information content (AvgIpc) is 2.47. The highest BCUT2D eigenvalue weighted by Crippen LogP contribution is 2.22. The molecule has 0 atom stereocenters. The Morgan fingerprint density at radius 1 is 1.26 bits per heavy atom. The second kappa shape index (κ2) is 7.42. The summed E-state index contributed by atoms with van der Waals surface area (Å²) in [6, 6.07) is 4.72. The van der Waals surface area contributed by atoms with E-state index in [1.165, 1.54) is 20.2 Å². The molecule has 0 fully saturated rings. The zero-order valence-electron chi connectivity index (χ0n) is 14.7. The molecule has 0 saturated heterocycles. The second-order valence-corrected chi connectivity index (χ2v) is 8.56. The summed E-state index contributed by atoms with van der Waals surface area (Å²) in [4.78, 5) is 12.2. The third kappa shape index (κ3) is 5.30. The molecule has 0 aliphatic heterocycles. The van der Waals surface area contributed by atoms with E-state index >= 15 is 0 Å². The number of rotatable bonds is 7. The van der Waals surface area contributed by atoms with Gasteiger partial charge in [-0.1, -0.05) is 13.0 Å². The lowest BCUT2D eigenvalue weighted by molar-refractivity contribution is -0.115. The van der Waals surface area contributed by atoms with Gasteiger partial charge in [-0.3, -0.25) is 4.79 Å². The molecule has 7 heteroatoms. The van der Waals surface area contributed by atoms with Crippen LogP contribution in [0.2, 0.25) is 0 Å². The minimum atomic E-state index is -3.53. The van der Waals surface area contributed by atoms with Crippen LogP contribution in [0.15, 0.2) is 23.1 Å². The average molecular weight is 341 g/mol. The largest absolute Gasteiger partial charge is 0.325 e. The molecule has 2 N–H and O–H groups in total. The Balaban J connectivity index is 2.91. The van der Waals surface area contributed by atoms with Crippen LogP contribution < -0.4 is 10.6 Å². The van der Waals surface area contributed by atoms with Crippen molar-refractivity contribution in [1.29, 1.82) is 0 Å². The molecular weight excluding hydrogens is 314 g/mol. The van der Waals surface area contributed by atoms with Gasteiger partial charge in [-0.15, -0.1) is 0 Å². The Hall–Kier alpha value is -1.44. The third-order valence-corrected chi connectivity index (χ3v) is 5.68. The van der Waals surface area contributed by atoms with Crippen molar-refractivity contribution in [3.63, 3.8) is 0 Å². The minimum Gasteiger partial charge on any atom is -0.325 e. The molecule has 0 spiro atoms. The molecule has 0 aromatic heterocycles. The number of anilines is 1. The van der Waals surface area contributed by atoms with Crippen LogP contribution in [0.1, 0.15) is 32.8 Å².